The third kappa shape index (κ3) is 4.10. The zero-order chi connectivity index (χ0) is 17.8. The number of amides is 2. The molecule has 2 heterocycles. The van der Waals surface area contributed by atoms with Gasteiger partial charge in [-0.3, -0.25) is 0 Å². The van der Waals surface area contributed by atoms with Crippen molar-refractivity contribution < 1.29 is 31.9 Å². The highest BCUT2D eigenvalue weighted by Gasteiger charge is 2.56. The van der Waals surface area contributed by atoms with Crippen LogP contribution in [0.15, 0.2) is 39.6 Å². The molecule has 2 aromatic rings. The fourth-order valence-corrected chi connectivity index (χ4v) is 2.06. The van der Waals surface area contributed by atoms with Crippen molar-refractivity contribution in [2.75, 3.05) is 6.54 Å². The minimum Gasteiger partial charge on any atom is -0.472 e. The number of hydrogen-bond acceptors (Lipinski definition) is 4. The topological polar surface area (TPSA) is 87.6 Å². The highest BCUT2D eigenvalue weighted by molar-refractivity contribution is 5.73. The largest absolute Gasteiger partial charge is 0.472 e. The molecule has 0 unspecified atom stereocenters. The van der Waals surface area contributed by atoms with E-state index in [2.05, 4.69) is 10.6 Å². The second-order valence-electron chi connectivity index (χ2n) is 5.26. The molecule has 2 aromatic heterocycles. The van der Waals surface area contributed by atoms with E-state index in [9.17, 15) is 23.1 Å². The third-order valence-electron chi connectivity index (χ3n) is 3.42. The molecule has 0 aliphatic heterocycles. The van der Waals surface area contributed by atoms with Gasteiger partial charge in [0.25, 0.3) is 0 Å². The summed E-state index contributed by atoms with van der Waals surface area (Å²) in [6, 6.07) is 3.39. The van der Waals surface area contributed by atoms with Gasteiger partial charge in [0, 0.05) is 25.1 Å². The number of furan rings is 2. The van der Waals surface area contributed by atoms with Crippen molar-refractivity contribution in [3.8, 4) is 0 Å². The van der Waals surface area contributed by atoms with Crippen molar-refractivity contribution in [1.82, 2.24) is 10.6 Å². The molecule has 9 heteroatoms. The first-order chi connectivity index (χ1) is 11.2. The third-order valence-corrected chi connectivity index (χ3v) is 3.42. The molecule has 0 spiro atoms. The number of hydrogen-bond donors (Lipinski definition) is 3. The van der Waals surface area contributed by atoms with E-state index < -0.39 is 36.5 Å². The fraction of sp³-hybridized carbons (Fsp3) is 0.400. The molecule has 3 N–H and O–H groups in total. The molecular weight excluding hydrogens is 329 g/mol. The van der Waals surface area contributed by atoms with Crippen LogP contribution in [-0.4, -0.2) is 23.9 Å². The smallest absolute Gasteiger partial charge is 0.424 e. The average Bonchev–Trinajstić information content (AvgIpc) is 3.15. The van der Waals surface area contributed by atoms with Crippen LogP contribution in [0.2, 0.25) is 0 Å². The molecule has 6 nitrogen and oxygen atoms in total. The highest BCUT2D eigenvalue weighted by Crippen LogP contribution is 2.41. The van der Waals surface area contributed by atoms with Gasteiger partial charge >= 0.3 is 12.2 Å². The van der Waals surface area contributed by atoms with Crippen molar-refractivity contribution >= 4 is 6.03 Å². The lowest BCUT2D eigenvalue weighted by Gasteiger charge is -2.28. The number of halogens is 3. The van der Waals surface area contributed by atoms with Gasteiger partial charge in [0.1, 0.15) is 11.5 Å². The number of carbonyl (C=O) groups is 1. The molecule has 24 heavy (non-hydrogen) atoms. The Balaban J connectivity index is 1.90. The van der Waals surface area contributed by atoms with Crippen LogP contribution in [0.3, 0.4) is 0 Å². The minimum absolute atomic E-state index is 0.170. The first-order valence-electron chi connectivity index (χ1n) is 7.11. The maximum Gasteiger partial charge on any atom is 0.424 e. The van der Waals surface area contributed by atoms with Crippen LogP contribution in [-0.2, 0) is 12.1 Å². The second kappa shape index (κ2) is 7.00. The first kappa shape index (κ1) is 17.9. The molecule has 0 saturated carbocycles. The SMILES string of the molecule is Cc1ccc([C@@](O)(CCNC(=O)NCc2ccoc2)C(F)(F)F)o1. The van der Waals surface area contributed by atoms with Gasteiger partial charge in [-0.05, 0) is 25.1 Å². The van der Waals surface area contributed by atoms with E-state index in [1.165, 1.54) is 25.5 Å². The zero-order valence-electron chi connectivity index (χ0n) is 12.8. The molecule has 2 rings (SSSR count). The molecule has 132 valence electrons. The number of aryl methyl sites for hydroxylation is 1. The summed E-state index contributed by atoms with van der Waals surface area (Å²) >= 11 is 0. The molecule has 2 amide bonds. The molecular formula is C15H17F3N2O4. The predicted molar refractivity (Wildman–Crippen MR) is 77.0 cm³/mol. The highest BCUT2D eigenvalue weighted by atomic mass is 19.4. The van der Waals surface area contributed by atoms with E-state index in [1.807, 2.05) is 0 Å². The lowest BCUT2D eigenvalue weighted by molar-refractivity contribution is -0.274. The number of aliphatic hydroxyl groups is 1. The summed E-state index contributed by atoms with van der Waals surface area (Å²) in [6.45, 7) is 1.25. The van der Waals surface area contributed by atoms with Gasteiger partial charge in [0.2, 0.25) is 5.60 Å². The van der Waals surface area contributed by atoms with E-state index in [0.29, 0.717) is 5.56 Å². The Labute approximate surface area is 135 Å². The van der Waals surface area contributed by atoms with Gasteiger partial charge in [0.15, 0.2) is 0 Å². The molecule has 0 saturated heterocycles. The Kier molecular flexibility index (Phi) is 5.23. The Bertz CT molecular complexity index is 667. The first-order valence-corrected chi connectivity index (χ1v) is 7.11. The van der Waals surface area contributed by atoms with Gasteiger partial charge in [0.05, 0.1) is 12.5 Å². The molecule has 0 aliphatic carbocycles. The van der Waals surface area contributed by atoms with E-state index in [1.54, 1.807) is 6.07 Å². The van der Waals surface area contributed by atoms with Crippen LogP contribution in [0, 0.1) is 6.92 Å². The Hall–Kier alpha value is -2.42. The number of nitrogens with one attached hydrogen (secondary N) is 2. The van der Waals surface area contributed by atoms with Gasteiger partial charge < -0.3 is 24.6 Å². The monoisotopic (exact) mass is 346 g/mol. The summed E-state index contributed by atoms with van der Waals surface area (Å²) in [4.78, 5) is 11.6. The van der Waals surface area contributed by atoms with Crippen molar-refractivity contribution in [1.29, 1.82) is 0 Å². The molecule has 1 atom stereocenters. The maximum absolute atomic E-state index is 13.2. The summed E-state index contributed by atoms with van der Waals surface area (Å²) in [7, 11) is 0. The summed E-state index contributed by atoms with van der Waals surface area (Å²) in [5.41, 5.74) is -2.46. The molecule has 0 radical (unpaired) electrons. The van der Waals surface area contributed by atoms with Crippen LogP contribution < -0.4 is 10.6 Å². The quantitative estimate of drug-likeness (QED) is 0.751. The van der Waals surface area contributed by atoms with E-state index in [4.69, 9.17) is 8.83 Å². The van der Waals surface area contributed by atoms with Crippen LogP contribution in [0.4, 0.5) is 18.0 Å². The normalized spacial score (nSPS) is 14.2. The molecule has 0 aliphatic rings. The number of alkyl halides is 3. The van der Waals surface area contributed by atoms with Gasteiger partial charge in [-0.2, -0.15) is 13.2 Å². The van der Waals surface area contributed by atoms with E-state index in [0.717, 1.165) is 6.07 Å². The summed E-state index contributed by atoms with van der Waals surface area (Å²) in [6.07, 6.45) is -2.85. The van der Waals surface area contributed by atoms with Crippen LogP contribution >= 0.6 is 0 Å². The van der Waals surface area contributed by atoms with Crippen LogP contribution in [0.5, 0.6) is 0 Å². The summed E-state index contributed by atoms with van der Waals surface area (Å²) in [5, 5.41) is 14.7. The zero-order valence-corrected chi connectivity index (χ0v) is 12.8. The van der Waals surface area contributed by atoms with E-state index in [-0.39, 0.29) is 12.3 Å². The fourth-order valence-electron chi connectivity index (χ4n) is 2.06. The summed E-state index contributed by atoms with van der Waals surface area (Å²) in [5.74, 6) is -0.355. The number of urea groups is 1. The van der Waals surface area contributed by atoms with Gasteiger partial charge in [-0.1, -0.05) is 0 Å². The standard InChI is InChI=1S/C15H17F3N2O4/c1-10-2-3-12(24-10)14(22,15(16,17)18)5-6-19-13(21)20-8-11-4-7-23-9-11/h2-4,7,9,22H,5-6,8H2,1H3,(H2,19,20,21)/t14-/m0/s1. The molecule has 0 fully saturated rings. The maximum atomic E-state index is 13.2. The Morgan fingerprint density at radius 3 is 2.54 bits per heavy atom. The number of rotatable bonds is 6. The van der Waals surface area contributed by atoms with Gasteiger partial charge in [-0.25, -0.2) is 4.79 Å². The second-order valence-corrected chi connectivity index (χ2v) is 5.26. The van der Waals surface area contributed by atoms with Crippen molar-refractivity contribution in [3.05, 3.63) is 47.8 Å². The van der Waals surface area contributed by atoms with Crippen LogP contribution in [0.25, 0.3) is 0 Å². The van der Waals surface area contributed by atoms with Crippen LogP contribution in [0.1, 0.15) is 23.5 Å². The van der Waals surface area contributed by atoms with Crippen molar-refractivity contribution in [3.63, 3.8) is 0 Å². The average molecular weight is 346 g/mol. The van der Waals surface area contributed by atoms with Crippen molar-refractivity contribution in [2.45, 2.75) is 31.7 Å². The molecule has 0 aromatic carbocycles. The van der Waals surface area contributed by atoms with Crippen molar-refractivity contribution in [2.24, 2.45) is 0 Å². The number of carbonyl (C=O) groups excluding carboxylic acids is 1. The Morgan fingerprint density at radius 1 is 1.25 bits per heavy atom. The van der Waals surface area contributed by atoms with Gasteiger partial charge in [-0.15, -0.1) is 0 Å². The lowest BCUT2D eigenvalue weighted by Crippen LogP contribution is -2.45. The summed E-state index contributed by atoms with van der Waals surface area (Å²) < 4.78 is 49.4. The predicted octanol–water partition coefficient (Wildman–Crippen LogP) is 2.82. The Morgan fingerprint density at radius 2 is 2.00 bits per heavy atom. The van der Waals surface area contributed by atoms with E-state index >= 15 is 0 Å². The minimum atomic E-state index is -4.94. The lowest BCUT2D eigenvalue weighted by atomic mass is 9.96. The molecule has 0 bridgehead atoms.